The second kappa shape index (κ2) is 7.00. The van der Waals surface area contributed by atoms with Gasteiger partial charge in [0, 0.05) is 37.5 Å². The number of hydrogen-bond acceptors (Lipinski definition) is 3. The van der Waals surface area contributed by atoms with Crippen molar-refractivity contribution in [2.45, 2.75) is 38.7 Å². The van der Waals surface area contributed by atoms with E-state index in [9.17, 15) is 9.59 Å². The summed E-state index contributed by atoms with van der Waals surface area (Å²) in [5, 5.41) is 5.66. The summed E-state index contributed by atoms with van der Waals surface area (Å²) in [5.74, 6) is 0.146. The van der Waals surface area contributed by atoms with Gasteiger partial charge in [0.2, 0.25) is 5.91 Å². The molecule has 0 aromatic heterocycles. The van der Waals surface area contributed by atoms with Crippen molar-refractivity contribution in [2.24, 2.45) is 0 Å². The fourth-order valence-corrected chi connectivity index (χ4v) is 3.07. The molecule has 1 aromatic rings. The van der Waals surface area contributed by atoms with Crippen molar-refractivity contribution in [2.75, 3.05) is 29.9 Å². The van der Waals surface area contributed by atoms with Gasteiger partial charge in [-0.3, -0.25) is 4.79 Å². The number of ether oxygens (including phenoxy) is 1. The number of anilines is 2. The molecule has 2 N–H and O–H groups in total. The molecule has 2 heterocycles. The minimum absolute atomic E-state index is 0.122. The van der Waals surface area contributed by atoms with Crippen molar-refractivity contribution < 1.29 is 14.3 Å². The molecule has 1 atom stereocenters. The number of amides is 3. The molecule has 23 heavy (non-hydrogen) atoms. The molecule has 0 aliphatic carbocycles. The van der Waals surface area contributed by atoms with Gasteiger partial charge in [0.15, 0.2) is 0 Å². The normalized spacial score (nSPS) is 20.8. The van der Waals surface area contributed by atoms with Crippen LogP contribution in [0.15, 0.2) is 18.2 Å². The molecular weight excluding hydrogens is 294 g/mol. The number of rotatable bonds is 4. The first-order chi connectivity index (χ1) is 11.1. The Labute approximate surface area is 136 Å². The van der Waals surface area contributed by atoms with Gasteiger partial charge >= 0.3 is 6.03 Å². The quantitative estimate of drug-likeness (QED) is 0.896. The van der Waals surface area contributed by atoms with Crippen LogP contribution in [-0.2, 0) is 9.53 Å². The van der Waals surface area contributed by atoms with Gasteiger partial charge in [-0.2, -0.15) is 0 Å². The van der Waals surface area contributed by atoms with Crippen LogP contribution >= 0.6 is 0 Å². The average molecular weight is 317 g/mol. The van der Waals surface area contributed by atoms with Crippen LogP contribution in [0.1, 0.15) is 31.2 Å². The SMILES string of the molecule is Cc1ccc(NC(=O)NC[C@@H]2CCCO2)cc1N1CCCC1=O. The van der Waals surface area contributed by atoms with Gasteiger partial charge in [-0.05, 0) is 43.9 Å². The summed E-state index contributed by atoms with van der Waals surface area (Å²) in [4.78, 5) is 25.7. The van der Waals surface area contributed by atoms with Crippen molar-refractivity contribution in [3.63, 3.8) is 0 Å². The first-order valence-electron chi connectivity index (χ1n) is 8.21. The minimum Gasteiger partial charge on any atom is -0.376 e. The number of nitrogens with one attached hydrogen (secondary N) is 2. The number of aryl methyl sites for hydroxylation is 1. The van der Waals surface area contributed by atoms with Crippen LogP contribution < -0.4 is 15.5 Å². The summed E-state index contributed by atoms with van der Waals surface area (Å²) in [5.41, 5.74) is 2.60. The second-order valence-electron chi connectivity index (χ2n) is 6.12. The predicted octanol–water partition coefficient (Wildman–Crippen LogP) is 2.42. The van der Waals surface area contributed by atoms with Gasteiger partial charge in [-0.25, -0.2) is 4.79 Å². The summed E-state index contributed by atoms with van der Waals surface area (Å²) in [6.07, 6.45) is 3.65. The van der Waals surface area contributed by atoms with Crippen molar-refractivity contribution >= 4 is 23.3 Å². The summed E-state index contributed by atoms with van der Waals surface area (Å²) >= 11 is 0. The topological polar surface area (TPSA) is 70.7 Å². The molecule has 1 aromatic carbocycles. The number of urea groups is 1. The van der Waals surface area contributed by atoms with E-state index in [1.807, 2.05) is 25.1 Å². The molecule has 0 saturated carbocycles. The average Bonchev–Trinajstić information content (AvgIpc) is 3.19. The van der Waals surface area contributed by atoms with Gasteiger partial charge in [0.25, 0.3) is 0 Å². The van der Waals surface area contributed by atoms with Crippen LogP contribution in [0.25, 0.3) is 0 Å². The van der Waals surface area contributed by atoms with Gasteiger partial charge in [0.1, 0.15) is 0 Å². The zero-order valence-corrected chi connectivity index (χ0v) is 13.4. The van der Waals surface area contributed by atoms with E-state index in [0.29, 0.717) is 18.7 Å². The highest BCUT2D eigenvalue weighted by molar-refractivity contribution is 5.97. The van der Waals surface area contributed by atoms with E-state index in [2.05, 4.69) is 10.6 Å². The lowest BCUT2D eigenvalue weighted by molar-refractivity contribution is -0.117. The van der Waals surface area contributed by atoms with Gasteiger partial charge < -0.3 is 20.3 Å². The molecule has 3 rings (SSSR count). The Kier molecular flexibility index (Phi) is 4.81. The lowest BCUT2D eigenvalue weighted by Gasteiger charge is -2.19. The molecule has 2 aliphatic rings. The fraction of sp³-hybridized carbons (Fsp3) is 0.529. The van der Waals surface area contributed by atoms with E-state index in [1.54, 1.807) is 4.90 Å². The summed E-state index contributed by atoms with van der Waals surface area (Å²) in [7, 11) is 0. The highest BCUT2D eigenvalue weighted by Gasteiger charge is 2.23. The Morgan fingerprint density at radius 2 is 2.26 bits per heavy atom. The molecule has 0 radical (unpaired) electrons. The zero-order valence-electron chi connectivity index (χ0n) is 13.4. The third-order valence-electron chi connectivity index (χ3n) is 4.35. The first-order valence-corrected chi connectivity index (χ1v) is 8.21. The van der Waals surface area contributed by atoms with Gasteiger partial charge in [0.05, 0.1) is 6.10 Å². The fourth-order valence-electron chi connectivity index (χ4n) is 3.07. The van der Waals surface area contributed by atoms with Crippen LogP contribution in [0.3, 0.4) is 0 Å². The number of carbonyl (C=O) groups is 2. The van der Waals surface area contributed by atoms with Crippen molar-refractivity contribution in [3.05, 3.63) is 23.8 Å². The monoisotopic (exact) mass is 317 g/mol. The zero-order chi connectivity index (χ0) is 16.2. The lowest BCUT2D eigenvalue weighted by atomic mass is 10.1. The highest BCUT2D eigenvalue weighted by Crippen LogP contribution is 2.28. The molecule has 6 nitrogen and oxygen atoms in total. The molecule has 3 amide bonds. The van der Waals surface area contributed by atoms with Crippen LogP contribution in [0.4, 0.5) is 16.2 Å². The van der Waals surface area contributed by atoms with Crippen LogP contribution in [0.2, 0.25) is 0 Å². The number of carbonyl (C=O) groups excluding carboxylic acids is 2. The maximum Gasteiger partial charge on any atom is 0.319 e. The lowest BCUT2D eigenvalue weighted by Crippen LogP contribution is -2.35. The molecule has 2 saturated heterocycles. The third-order valence-corrected chi connectivity index (χ3v) is 4.35. The van der Waals surface area contributed by atoms with Crippen LogP contribution in [0.5, 0.6) is 0 Å². The predicted molar refractivity (Wildman–Crippen MR) is 88.8 cm³/mol. The highest BCUT2D eigenvalue weighted by atomic mass is 16.5. The van der Waals surface area contributed by atoms with E-state index < -0.39 is 0 Å². The number of benzene rings is 1. The summed E-state index contributed by atoms with van der Waals surface area (Å²) < 4.78 is 5.48. The van der Waals surface area contributed by atoms with E-state index in [0.717, 1.165) is 43.7 Å². The molecule has 0 unspecified atom stereocenters. The maximum atomic E-state index is 12.0. The second-order valence-corrected chi connectivity index (χ2v) is 6.12. The van der Waals surface area contributed by atoms with Gasteiger partial charge in [-0.1, -0.05) is 6.07 Å². The Morgan fingerprint density at radius 3 is 2.96 bits per heavy atom. The molecule has 0 spiro atoms. The Balaban J connectivity index is 1.61. The van der Waals surface area contributed by atoms with E-state index in [1.165, 1.54) is 0 Å². The smallest absolute Gasteiger partial charge is 0.319 e. The Bertz CT molecular complexity index is 597. The van der Waals surface area contributed by atoms with Crippen molar-refractivity contribution in [1.82, 2.24) is 5.32 Å². The van der Waals surface area contributed by atoms with E-state index >= 15 is 0 Å². The van der Waals surface area contributed by atoms with Crippen LogP contribution in [0, 0.1) is 6.92 Å². The standard InChI is InChI=1S/C17H23N3O3/c1-12-6-7-13(10-15(12)20-8-2-5-16(20)21)19-17(22)18-11-14-4-3-9-23-14/h6-7,10,14H,2-5,8-9,11H2,1H3,(H2,18,19,22)/t14-/m0/s1. The van der Waals surface area contributed by atoms with Crippen LogP contribution in [-0.4, -0.2) is 37.7 Å². The number of nitrogens with zero attached hydrogens (tertiary/aromatic N) is 1. The largest absolute Gasteiger partial charge is 0.376 e. The Hall–Kier alpha value is -2.08. The molecular formula is C17H23N3O3. The Morgan fingerprint density at radius 1 is 1.39 bits per heavy atom. The van der Waals surface area contributed by atoms with E-state index in [4.69, 9.17) is 4.74 Å². The molecule has 124 valence electrons. The molecule has 2 aliphatic heterocycles. The minimum atomic E-state index is -0.247. The van der Waals surface area contributed by atoms with Gasteiger partial charge in [-0.15, -0.1) is 0 Å². The van der Waals surface area contributed by atoms with Crippen molar-refractivity contribution in [3.8, 4) is 0 Å². The summed E-state index contributed by atoms with van der Waals surface area (Å²) in [6, 6.07) is 5.40. The van der Waals surface area contributed by atoms with Crippen molar-refractivity contribution in [1.29, 1.82) is 0 Å². The first kappa shape index (κ1) is 15.8. The number of hydrogen-bond donors (Lipinski definition) is 2. The molecule has 6 heteroatoms. The molecule has 0 bridgehead atoms. The third kappa shape index (κ3) is 3.82. The summed E-state index contributed by atoms with van der Waals surface area (Å²) in [6.45, 7) is 4.02. The molecule has 2 fully saturated rings. The van der Waals surface area contributed by atoms with E-state index in [-0.39, 0.29) is 18.0 Å². The maximum absolute atomic E-state index is 12.0.